The first kappa shape index (κ1) is 14.9. The van der Waals surface area contributed by atoms with Gasteiger partial charge in [0.05, 0.1) is 13.3 Å². The SMILES string of the molecule is COC(=O)c1cnc(NC(CN(C)C)C(C)C)s1. The number of nitrogens with zero attached hydrogens (tertiary/aromatic N) is 2. The van der Waals surface area contributed by atoms with Gasteiger partial charge in [0.2, 0.25) is 0 Å². The Morgan fingerprint density at radius 3 is 2.72 bits per heavy atom. The van der Waals surface area contributed by atoms with Crippen LogP contribution in [0.25, 0.3) is 0 Å². The van der Waals surface area contributed by atoms with E-state index < -0.39 is 0 Å². The quantitative estimate of drug-likeness (QED) is 0.801. The number of rotatable bonds is 6. The zero-order valence-corrected chi connectivity index (χ0v) is 12.4. The number of ether oxygens (including phenoxy) is 1. The molecule has 6 heteroatoms. The first-order valence-electron chi connectivity index (χ1n) is 5.89. The average Bonchev–Trinajstić information content (AvgIpc) is 2.75. The summed E-state index contributed by atoms with van der Waals surface area (Å²) in [6.45, 7) is 5.25. The third kappa shape index (κ3) is 4.27. The molecule has 0 bridgehead atoms. The molecule has 5 nitrogen and oxygen atoms in total. The van der Waals surface area contributed by atoms with Crippen LogP contribution in [0.3, 0.4) is 0 Å². The van der Waals surface area contributed by atoms with E-state index in [9.17, 15) is 4.79 Å². The van der Waals surface area contributed by atoms with Crippen LogP contribution < -0.4 is 5.32 Å². The largest absolute Gasteiger partial charge is 0.465 e. The molecule has 0 aliphatic carbocycles. The number of anilines is 1. The summed E-state index contributed by atoms with van der Waals surface area (Å²) in [5.41, 5.74) is 0. The minimum Gasteiger partial charge on any atom is -0.465 e. The van der Waals surface area contributed by atoms with Crippen molar-refractivity contribution in [3.63, 3.8) is 0 Å². The molecule has 0 saturated carbocycles. The van der Waals surface area contributed by atoms with Crippen LogP contribution in [0.15, 0.2) is 6.20 Å². The number of nitrogens with one attached hydrogen (secondary N) is 1. The fourth-order valence-electron chi connectivity index (χ4n) is 1.51. The lowest BCUT2D eigenvalue weighted by atomic mass is 10.0. The lowest BCUT2D eigenvalue weighted by Gasteiger charge is -2.25. The second-order valence-corrected chi connectivity index (χ2v) is 5.81. The smallest absolute Gasteiger partial charge is 0.349 e. The number of hydrogen-bond donors (Lipinski definition) is 1. The van der Waals surface area contributed by atoms with Crippen LogP contribution in [-0.4, -0.2) is 49.6 Å². The van der Waals surface area contributed by atoms with Gasteiger partial charge in [-0.25, -0.2) is 9.78 Å². The van der Waals surface area contributed by atoms with E-state index in [1.165, 1.54) is 18.4 Å². The van der Waals surface area contributed by atoms with Crippen LogP contribution in [0.2, 0.25) is 0 Å². The number of hydrogen-bond acceptors (Lipinski definition) is 6. The van der Waals surface area contributed by atoms with Crippen LogP contribution >= 0.6 is 11.3 Å². The predicted molar refractivity (Wildman–Crippen MR) is 74.3 cm³/mol. The Morgan fingerprint density at radius 2 is 2.22 bits per heavy atom. The van der Waals surface area contributed by atoms with Gasteiger partial charge in [-0.1, -0.05) is 25.2 Å². The summed E-state index contributed by atoms with van der Waals surface area (Å²) in [6, 6.07) is 0.302. The topological polar surface area (TPSA) is 54.5 Å². The molecule has 1 aromatic rings. The molecule has 102 valence electrons. The summed E-state index contributed by atoms with van der Waals surface area (Å²) in [4.78, 5) is 18.2. The number of carbonyl (C=O) groups excluding carboxylic acids is 1. The van der Waals surface area contributed by atoms with E-state index in [2.05, 4.69) is 33.8 Å². The summed E-state index contributed by atoms with van der Waals surface area (Å²) in [5.74, 6) is 0.145. The molecule has 0 fully saturated rings. The van der Waals surface area contributed by atoms with Gasteiger partial charge in [0.15, 0.2) is 5.13 Å². The average molecular weight is 271 g/mol. The van der Waals surface area contributed by atoms with Crippen LogP contribution in [0.5, 0.6) is 0 Å². The first-order valence-corrected chi connectivity index (χ1v) is 6.71. The maximum Gasteiger partial charge on any atom is 0.349 e. The Morgan fingerprint density at radius 1 is 1.56 bits per heavy atom. The van der Waals surface area contributed by atoms with E-state index in [-0.39, 0.29) is 5.97 Å². The molecule has 1 heterocycles. The highest BCUT2D eigenvalue weighted by Gasteiger charge is 2.17. The number of likely N-dealkylation sites (N-methyl/N-ethyl adjacent to an activating group) is 1. The Kier molecular flexibility index (Phi) is 5.55. The third-order valence-electron chi connectivity index (χ3n) is 2.57. The summed E-state index contributed by atoms with van der Waals surface area (Å²) < 4.78 is 4.66. The molecule has 18 heavy (non-hydrogen) atoms. The monoisotopic (exact) mass is 271 g/mol. The summed E-state index contributed by atoms with van der Waals surface area (Å²) in [7, 11) is 5.45. The highest BCUT2D eigenvalue weighted by Crippen LogP contribution is 2.21. The molecule has 1 rings (SSSR count). The molecule has 0 aliphatic heterocycles. The Hall–Kier alpha value is -1.14. The summed E-state index contributed by atoms with van der Waals surface area (Å²) in [5, 5.41) is 4.13. The van der Waals surface area contributed by atoms with Gasteiger partial charge in [0.25, 0.3) is 0 Å². The van der Waals surface area contributed by atoms with Crippen LogP contribution in [-0.2, 0) is 4.74 Å². The zero-order valence-electron chi connectivity index (χ0n) is 11.6. The molecule has 1 atom stereocenters. The van der Waals surface area contributed by atoms with E-state index in [1.54, 1.807) is 6.20 Å². The van der Waals surface area contributed by atoms with Crippen molar-refractivity contribution < 1.29 is 9.53 Å². The van der Waals surface area contributed by atoms with Crippen molar-refractivity contribution in [2.45, 2.75) is 19.9 Å². The molecule has 1 aromatic heterocycles. The molecule has 0 aliphatic rings. The van der Waals surface area contributed by atoms with E-state index in [0.29, 0.717) is 16.8 Å². The number of carbonyl (C=O) groups is 1. The second kappa shape index (κ2) is 6.70. The van der Waals surface area contributed by atoms with Gasteiger partial charge in [-0.05, 0) is 20.0 Å². The van der Waals surface area contributed by atoms with Gasteiger partial charge in [0, 0.05) is 12.6 Å². The van der Waals surface area contributed by atoms with Gasteiger partial charge in [-0.2, -0.15) is 0 Å². The molecular weight excluding hydrogens is 250 g/mol. The maximum atomic E-state index is 11.3. The van der Waals surface area contributed by atoms with Gasteiger partial charge < -0.3 is 15.0 Å². The Balaban J connectivity index is 2.69. The van der Waals surface area contributed by atoms with Gasteiger partial charge >= 0.3 is 5.97 Å². The van der Waals surface area contributed by atoms with Crippen LogP contribution in [0.4, 0.5) is 5.13 Å². The minimum absolute atomic E-state index is 0.302. The minimum atomic E-state index is -0.339. The Bertz CT molecular complexity index is 390. The molecule has 1 N–H and O–H groups in total. The zero-order chi connectivity index (χ0) is 13.7. The van der Waals surface area contributed by atoms with Gasteiger partial charge in [-0.15, -0.1) is 0 Å². The van der Waals surface area contributed by atoms with Gasteiger partial charge in [-0.3, -0.25) is 0 Å². The van der Waals surface area contributed by atoms with Crippen molar-refractivity contribution in [3.8, 4) is 0 Å². The highest BCUT2D eigenvalue weighted by molar-refractivity contribution is 7.17. The Labute approximate surface area is 112 Å². The number of esters is 1. The number of aromatic nitrogens is 1. The first-order chi connectivity index (χ1) is 8.43. The number of thiazole rings is 1. The van der Waals surface area contributed by atoms with E-state index in [1.807, 2.05) is 14.1 Å². The molecular formula is C12H21N3O2S. The molecule has 0 spiro atoms. The van der Waals surface area contributed by atoms with Crippen molar-refractivity contribution in [1.29, 1.82) is 0 Å². The molecule has 0 aromatic carbocycles. The van der Waals surface area contributed by atoms with E-state index >= 15 is 0 Å². The standard InChI is InChI=1S/C12H21N3O2S/c1-8(2)9(7-15(3)4)14-12-13-6-10(18-12)11(16)17-5/h6,8-9H,7H2,1-5H3,(H,13,14). The molecule has 0 saturated heterocycles. The van der Waals surface area contributed by atoms with Crippen LogP contribution in [0, 0.1) is 5.92 Å². The molecule has 0 amide bonds. The lowest BCUT2D eigenvalue weighted by molar-refractivity contribution is 0.0606. The fraction of sp³-hybridized carbons (Fsp3) is 0.667. The maximum absolute atomic E-state index is 11.3. The fourth-order valence-corrected chi connectivity index (χ4v) is 2.31. The van der Waals surface area contributed by atoms with Crippen molar-refractivity contribution in [2.24, 2.45) is 5.92 Å². The van der Waals surface area contributed by atoms with Gasteiger partial charge in [0.1, 0.15) is 4.88 Å². The second-order valence-electron chi connectivity index (χ2n) is 4.78. The normalized spacial score (nSPS) is 12.8. The van der Waals surface area contributed by atoms with Crippen molar-refractivity contribution in [2.75, 3.05) is 33.1 Å². The predicted octanol–water partition coefficient (Wildman–Crippen LogP) is 1.93. The number of methoxy groups -OCH3 is 1. The lowest BCUT2D eigenvalue weighted by Crippen LogP contribution is -2.36. The summed E-state index contributed by atoms with van der Waals surface area (Å²) in [6.07, 6.45) is 1.55. The van der Waals surface area contributed by atoms with Crippen molar-refractivity contribution in [1.82, 2.24) is 9.88 Å². The van der Waals surface area contributed by atoms with Crippen molar-refractivity contribution >= 4 is 22.4 Å². The van der Waals surface area contributed by atoms with E-state index in [4.69, 9.17) is 0 Å². The molecule has 0 radical (unpaired) electrons. The van der Waals surface area contributed by atoms with E-state index in [0.717, 1.165) is 11.7 Å². The third-order valence-corrected chi connectivity index (χ3v) is 3.48. The van der Waals surface area contributed by atoms with Crippen molar-refractivity contribution in [3.05, 3.63) is 11.1 Å². The summed E-state index contributed by atoms with van der Waals surface area (Å²) >= 11 is 1.32. The van der Waals surface area contributed by atoms with Crippen LogP contribution in [0.1, 0.15) is 23.5 Å². The highest BCUT2D eigenvalue weighted by atomic mass is 32.1. The molecule has 1 unspecified atom stereocenters.